The van der Waals surface area contributed by atoms with Gasteiger partial charge in [0.2, 0.25) is 5.91 Å². The maximum atomic E-state index is 13.3. The van der Waals surface area contributed by atoms with Crippen molar-refractivity contribution in [3.05, 3.63) is 22.6 Å². The molecule has 1 aliphatic rings. The number of nitrogens with one attached hydrogen (secondary N) is 1. The van der Waals surface area contributed by atoms with Gasteiger partial charge in [0, 0.05) is 20.0 Å². The molecule has 27 heavy (non-hydrogen) atoms. The Morgan fingerprint density at radius 1 is 1.07 bits per heavy atom. The van der Waals surface area contributed by atoms with E-state index in [2.05, 4.69) is 5.32 Å². The Labute approximate surface area is 159 Å². The molecular weight excluding hydrogens is 366 g/mol. The van der Waals surface area contributed by atoms with Crippen LogP contribution in [0.3, 0.4) is 0 Å². The molecule has 1 aromatic carbocycles. The number of carbonyl (C=O) groups is 1. The van der Waals surface area contributed by atoms with E-state index in [0.29, 0.717) is 37.0 Å². The van der Waals surface area contributed by atoms with Crippen LogP contribution in [0.1, 0.15) is 52.9 Å². The molecule has 1 aromatic heterocycles. The van der Waals surface area contributed by atoms with Crippen molar-refractivity contribution in [2.75, 3.05) is 5.32 Å². The first-order chi connectivity index (χ1) is 12.8. The van der Waals surface area contributed by atoms with Crippen molar-refractivity contribution in [2.24, 2.45) is 0 Å². The number of aromatic nitrogens is 2. The Morgan fingerprint density at radius 3 is 2.15 bits per heavy atom. The van der Waals surface area contributed by atoms with E-state index in [4.69, 9.17) is 0 Å². The maximum absolute atomic E-state index is 13.3. The van der Waals surface area contributed by atoms with E-state index in [1.54, 1.807) is 21.3 Å². The molecule has 0 bridgehead atoms. The molecule has 1 aliphatic carbocycles. The van der Waals surface area contributed by atoms with Crippen LogP contribution in [0.15, 0.2) is 21.8 Å². The monoisotopic (exact) mass is 393 g/mol. The Bertz CT molecular complexity index is 1030. The van der Waals surface area contributed by atoms with E-state index in [0.717, 1.165) is 19.3 Å². The topological polar surface area (TPSA) is 90.2 Å². The van der Waals surface area contributed by atoms with Crippen LogP contribution in [0.25, 0.3) is 11.0 Å². The average Bonchev–Trinajstić information content (AvgIpc) is 2.90. The molecule has 148 valence electrons. The first kappa shape index (κ1) is 19.7. The van der Waals surface area contributed by atoms with Crippen LogP contribution in [0.4, 0.5) is 5.69 Å². The lowest BCUT2D eigenvalue weighted by Crippen LogP contribution is -2.25. The first-order valence-corrected chi connectivity index (χ1v) is 11.1. The number of nitrogens with zero attached hydrogens (tertiary/aromatic N) is 2. The molecule has 1 fully saturated rings. The molecule has 1 N–H and O–H groups in total. The third-order valence-corrected chi connectivity index (χ3v) is 7.66. The molecule has 1 amide bonds. The molecule has 0 radical (unpaired) electrons. The maximum Gasteiger partial charge on any atom is 0.329 e. The summed E-state index contributed by atoms with van der Waals surface area (Å²) in [6.07, 6.45) is 4.12. The molecule has 0 saturated heterocycles. The second-order valence-corrected chi connectivity index (χ2v) is 9.29. The van der Waals surface area contributed by atoms with Gasteiger partial charge in [0.15, 0.2) is 9.84 Å². The highest BCUT2D eigenvalue weighted by atomic mass is 32.2. The number of anilines is 1. The first-order valence-electron chi connectivity index (χ1n) is 9.59. The van der Waals surface area contributed by atoms with Gasteiger partial charge < -0.3 is 5.32 Å². The zero-order valence-electron chi connectivity index (χ0n) is 16.1. The number of fused-ring (bicyclic) bond motifs is 1. The Balaban J connectivity index is 2.29. The fourth-order valence-corrected chi connectivity index (χ4v) is 6.04. The van der Waals surface area contributed by atoms with Gasteiger partial charge in [0.1, 0.15) is 0 Å². The Hall–Kier alpha value is -2.09. The lowest BCUT2D eigenvalue weighted by atomic mass is 10.0. The summed E-state index contributed by atoms with van der Waals surface area (Å²) in [6, 6.07) is 3.20. The number of benzene rings is 1. The third kappa shape index (κ3) is 3.42. The highest BCUT2D eigenvalue weighted by Gasteiger charge is 2.32. The number of carbonyl (C=O) groups excluding carboxylic acids is 1. The largest absolute Gasteiger partial charge is 0.329 e. The predicted octanol–water partition coefficient (Wildman–Crippen LogP) is 2.91. The van der Waals surface area contributed by atoms with Crippen molar-refractivity contribution in [1.29, 1.82) is 0 Å². The molecule has 0 atom stereocenters. The van der Waals surface area contributed by atoms with Crippen molar-refractivity contribution >= 4 is 32.5 Å². The van der Waals surface area contributed by atoms with E-state index in [-0.39, 0.29) is 22.2 Å². The smallest absolute Gasteiger partial charge is 0.325 e. The zero-order valence-corrected chi connectivity index (χ0v) is 16.9. The molecule has 1 heterocycles. The van der Waals surface area contributed by atoms with E-state index in [1.165, 1.54) is 6.92 Å². The third-order valence-electron chi connectivity index (χ3n) is 5.36. The highest BCUT2D eigenvalue weighted by molar-refractivity contribution is 7.92. The van der Waals surface area contributed by atoms with Gasteiger partial charge >= 0.3 is 5.69 Å². The molecule has 0 unspecified atom stereocenters. The van der Waals surface area contributed by atoms with Crippen LogP contribution in [0, 0.1) is 0 Å². The zero-order chi connectivity index (χ0) is 19.8. The van der Waals surface area contributed by atoms with Crippen LogP contribution in [0.2, 0.25) is 0 Å². The second-order valence-electron chi connectivity index (χ2n) is 7.09. The second kappa shape index (κ2) is 7.50. The van der Waals surface area contributed by atoms with Crippen molar-refractivity contribution in [3.63, 3.8) is 0 Å². The van der Waals surface area contributed by atoms with E-state index >= 15 is 0 Å². The Kier molecular flexibility index (Phi) is 5.46. The van der Waals surface area contributed by atoms with Crippen molar-refractivity contribution in [3.8, 4) is 0 Å². The molecule has 7 nitrogen and oxygen atoms in total. The minimum atomic E-state index is -3.60. The number of hydrogen-bond donors (Lipinski definition) is 1. The van der Waals surface area contributed by atoms with Gasteiger partial charge in [-0.25, -0.2) is 13.2 Å². The summed E-state index contributed by atoms with van der Waals surface area (Å²) in [7, 11) is -3.60. The van der Waals surface area contributed by atoms with Gasteiger partial charge in [-0.1, -0.05) is 19.3 Å². The quantitative estimate of drug-likeness (QED) is 0.846. The van der Waals surface area contributed by atoms with E-state index in [9.17, 15) is 18.0 Å². The molecule has 0 aliphatic heterocycles. The standard InChI is InChI=1S/C19H27N3O4S/c1-4-21-16-11-15(20-13(3)23)18(12-17(16)22(5-2)19(21)24)27(25,26)14-9-7-6-8-10-14/h11-12,14H,4-10H2,1-3H3,(H,20,23). The summed E-state index contributed by atoms with van der Waals surface area (Å²) in [5.41, 5.74) is 1.32. The van der Waals surface area contributed by atoms with Gasteiger partial charge in [0.25, 0.3) is 0 Å². The summed E-state index contributed by atoms with van der Waals surface area (Å²) in [4.78, 5) is 24.5. The van der Waals surface area contributed by atoms with Crippen LogP contribution in [0.5, 0.6) is 0 Å². The van der Waals surface area contributed by atoms with E-state index in [1.807, 2.05) is 13.8 Å². The number of aryl methyl sites for hydroxylation is 2. The number of imidazole rings is 1. The van der Waals surface area contributed by atoms with Crippen LogP contribution in [-0.2, 0) is 27.7 Å². The molecule has 3 rings (SSSR count). The summed E-state index contributed by atoms with van der Waals surface area (Å²) in [6.45, 7) is 6.00. The van der Waals surface area contributed by atoms with Crippen molar-refractivity contribution in [2.45, 2.75) is 76.1 Å². The summed E-state index contributed by atoms with van der Waals surface area (Å²) >= 11 is 0. The molecule has 2 aromatic rings. The lowest BCUT2D eigenvalue weighted by molar-refractivity contribution is -0.114. The number of hydrogen-bond acceptors (Lipinski definition) is 4. The summed E-state index contributed by atoms with van der Waals surface area (Å²) in [5, 5.41) is 2.23. The molecule has 1 saturated carbocycles. The number of amides is 1. The fourth-order valence-electron chi connectivity index (χ4n) is 4.03. The van der Waals surface area contributed by atoms with Gasteiger partial charge in [-0.05, 0) is 38.8 Å². The lowest BCUT2D eigenvalue weighted by Gasteiger charge is -2.23. The average molecular weight is 394 g/mol. The van der Waals surface area contributed by atoms with Gasteiger partial charge in [0.05, 0.1) is 26.9 Å². The Morgan fingerprint density at radius 2 is 1.63 bits per heavy atom. The van der Waals surface area contributed by atoms with Gasteiger partial charge in [-0.3, -0.25) is 13.9 Å². The van der Waals surface area contributed by atoms with Crippen LogP contribution >= 0.6 is 0 Å². The molecular formula is C19H27N3O4S. The summed E-state index contributed by atoms with van der Waals surface area (Å²) < 4.78 is 29.9. The fraction of sp³-hybridized carbons (Fsp3) is 0.579. The van der Waals surface area contributed by atoms with Crippen molar-refractivity contribution < 1.29 is 13.2 Å². The molecule has 8 heteroatoms. The number of rotatable bonds is 5. The van der Waals surface area contributed by atoms with Gasteiger partial charge in [-0.2, -0.15) is 0 Å². The summed E-state index contributed by atoms with van der Waals surface area (Å²) in [5.74, 6) is -0.338. The van der Waals surface area contributed by atoms with Crippen molar-refractivity contribution in [1.82, 2.24) is 9.13 Å². The van der Waals surface area contributed by atoms with Crippen LogP contribution < -0.4 is 11.0 Å². The predicted molar refractivity (Wildman–Crippen MR) is 106 cm³/mol. The molecule has 0 spiro atoms. The highest BCUT2D eigenvalue weighted by Crippen LogP contribution is 2.34. The van der Waals surface area contributed by atoms with Gasteiger partial charge in [-0.15, -0.1) is 0 Å². The minimum Gasteiger partial charge on any atom is -0.325 e. The normalized spacial score (nSPS) is 16.0. The SMILES string of the molecule is CCn1c(=O)n(CC)c2cc(S(=O)(=O)C3CCCCC3)c(NC(C)=O)cc21. The van der Waals surface area contributed by atoms with E-state index < -0.39 is 15.1 Å². The van der Waals surface area contributed by atoms with Crippen LogP contribution in [-0.4, -0.2) is 28.7 Å². The number of sulfone groups is 1. The minimum absolute atomic E-state index is 0.118.